The van der Waals surface area contributed by atoms with Crippen LogP contribution in [0, 0.1) is 109 Å². The van der Waals surface area contributed by atoms with Crippen LogP contribution >= 0.6 is 0 Å². The molecule has 0 spiro atoms. The molecule has 6 atom stereocenters. The monoisotopic (exact) mass is 1810 g/mol. The third kappa shape index (κ3) is 21.3. The number of rotatable bonds is 22. The molecule has 0 N–H and O–H groups in total. The number of carbonyl (C=O) groups is 6. The van der Waals surface area contributed by atoms with Crippen LogP contribution in [-0.2, 0) is 57.2 Å². The van der Waals surface area contributed by atoms with E-state index in [1.165, 1.54) is 60.8 Å². The van der Waals surface area contributed by atoms with Crippen molar-refractivity contribution in [1.82, 2.24) is 0 Å². The highest BCUT2D eigenvalue weighted by molar-refractivity contribution is 5.81. The van der Waals surface area contributed by atoms with E-state index < -0.39 is 139 Å². The molecular formula is C94H146F18O12. The summed E-state index contributed by atoms with van der Waals surface area (Å²) >= 11 is 0. The highest BCUT2D eigenvalue weighted by Gasteiger charge is 2.69. The average Bonchev–Trinajstić information content (AvgIpc) is 0.780. The second-order valence-corrected chi connectivity index (χ2v) is 41.7. The fourth-order valence-electron chi connectivity index (χ4n) is 23.5. The lowest BCUT2D eigenvalue weighted by molar-refractivity contribution is -0.263. The van der Waals surface area contributed by atoms with Crippen LogP contribution in [-0.4, -0.2) is 106 Å². The third-order valence-corrected chi connectivity index (χ3v) is 34.2. The summed E-state index contributed by atoms with van der Waals surface area (Å²) in [4.78, 5) is 73.5. The molecule has 0 heterocycles. The zero-order valence-corrected chi connectivity index (χ0v) is 77.1. The molecular weight excluding hydrogens is 1660 g/mol. The van der Waals surface area contributed by atoms with Crippen LogP contribution in [0.1, 0.15) is 376 Å². The zero-order chi connectivity index (χ0) is 94.1. The van der Waals surface area contributed by atoms with Crippen LogP contribution in [0.4, 0.5) is 79.0 Å². The fraction of sp³-hybridized carbons (Fsp3) is 0.936. The first-order valence-corrected chi connectivity index (χ1v) is 46.7. The Labute approximate surface area is 724 Å². The van der Waals surface area contributed by atoms with Gasteiger partial charge in [-0.2, -0.15) is 79.0 Å². The Hall–Kier alpha value is -4.44. The Kier molecular flexibility index (Phi) is 33.7. The van der Waals surface area contributed by atoms with Crippen molar-refractivity contribution in [2.45, 2.75) is 446 Å². The lowest BCUT2D eigenvalue weighted by Gasteiger charge is -2.62. The molecule has 0 radical (unpaired) electrons. The standard InChI is InChI=1S/C19H29F3O2.C18H27F3O2.C17H25F3O2.C14H23F3O2.2C13H21F3O2/c1-5-17(4,19(20,21)22)16(23)24-18(11(2)3)14-7-12-6-13(9-14)10-15(18)8-12;1-4-16(3,18(19,20)21)15(22)23-17(5-2)13-7-11-6-12(9-13)10-14(17)8-11;1-4-15(2,17(18,19)20)14(21)22-16(3)12-6-10-5-11(8-12)9-13(16)7-10;1-4-12(3,14(15,16)17)11(18)19-13(5-2)9-7-6-8-10-13;1-4-12(3,13(14,15)16)10(17)18-11(2)8-6-5-7-9-11;1-4-11(3,13(14,15)16)10(17)18-12(5-2)8-6-7-9-12/h11-15H,5-10H2,1-4H3;11-14H,4-10H2,1-3H3;10-13H,4-9H2,1-3H3;4-10H2,1-3H3;2*4-9H2,1-3H3. The minimum atomic E-state index is -4.58. The molecule has 12 nitrogen and oxygen atoms in total. The summed E-state index contributed by atoms with van der Waals surface area (Å²) in [5.41, 5.74) is -18.5. The minimum absolute atomic E-state index is 0.0470. The van der Waals surface area contributed by atoms with Crippen molar-refractivity contribution in [2.24, 2.45) is 109 Å². The van der Waals surface area contributed by atoms with Gasteiger partial charge < -0.3 is 28.4 Å². The van der Waals surface area contributed by atoms with E-state index in [0.717, 1.165) is 170 Å². The number of halogens is 18. The van der Waals surface area contributed by atoms with E-state index >= 15 is 0 Å². The molecule has 124 heavy (non-hydrogen) atoms. The molecule has 0 aromatic heterocycles. The second kappa shape index (κ2) is 39.2. The number of alkyl halides is 18. The normalized spacial score (nSPS) is 33.3. The number of ether oxygens (including phenoxy) is 6. The van der Waals surface area contributed by atoms with E-state index in [-0.39, 0.29) is 80.0 Å². The molecule has 12 bridgehead atoms. The van der Waals surface area contributed by atoms with E-state index in [2.05, 4.69) is 0 Å². The lowest BCUT2D eigenvalue weighted by atomic mass is 9.47. The van der Waals surface area contributed by atoms with Gasteiger partial charge in [0.05, 0.1) is 0 Å². The van der Waals surface area contributed by atoms with Gasteiger partial charge in [-0.1, -0.05) is 89.0 Å². The van der Waals surface area contributed by atoms with Crippen LogP contribution in [0.2, 0.25) is 0 Å². The van der Waals surface area contributed by atoms with Gasteiger partial charge in [-0.15, -0.1) is 0 Å². The highest BCUT2D eigenvalue weighted by atomic mass is 19.4. The smallest absolute Gasteiger partial charge is 0.404 e. The molecule has 15 aliphatic rings. The highest BCUT2D eigenvalue weighted by Crippen LogP contribution is 2.66. The first kappa shape index (κ1) is 107. The molecule has 0 amide bonds. The van der Waals surface area contributed by atoms with Gasteiger partial charge in [-0.3, -0.25) is 28.8 Å². The Morgan fingerprint density at radius 3 is 0.734 bits per heavy atom. The SMILES string of the molecule is CCC(C)(C(=O)OC1(C(C)C)C2CC3CC(C2)CC1C3)C(F)(F)F.CCC(C)(C(=O)OC1(C)C2CC3CC(C2)CC1C3)C(F)(F)F.CCC(C)(C(=O)OC1(C)CCCCC1)C(F)(F)F.CCC1(OC(=O)C(C)(CC)C(F)(F)F)C2CC3CC(C2)CC1C3.CCC1(OC(=O)C(C)(CC)C(F)(F)F)CCCC1.CCC1(OC(=O)C(C)(CC)C(F)(F)F)CCCCC1. The number of hydrogen-bond donors (Lipinski definition) is 0. The number of hydrogen-bond acceptors (Lipinski definition) is 12. The van der Waals surface area contributed by atoms with Crippen LogP contribution in [0.3, 0.4) is 0 Å². The maximum atomic E-state index is 13.5. The van der Waals surface area contributed by atoms with Crippen LogP contribution in [0.5, 0.6) is 0 Å². The summed E-state index contributed by atoms with van der Waals surface area (Å²) in [7, 11) is 0. The first-order chi connectivity index (χ1) is 56.9. The summed E-state index contributed by atoms with van der Waals surface area (Å²) in [6, 6.07) is 0. The van der Waals surface area contributed by atoms with E-state index in [4.69, 9.17) is 28.4 Å². The zero-order valence-electron chi connectivity index (χ0n) is 77.1. The average molecular weight is 1810 g/mol. The van der Waals surface area contributed by atoms with Crippen molar-refractivity contribution in [3.8, 4) is 0 Å². The third-order valence-electron chi connectivity index (χ3n) is 34.2. The molecule has 0 aliphatic heterocycles. The van der Waals surface area contributed by atoms with Crippen molar-refractivity contribution < 1.29 is 136 Å². The van der Waals surface area contributed by atoms with E-state index in [0.29, 0.717) is 93.3 Å². The van der Waals surface area contributed by atoms with E-state index in [1.54, 1.807) is 6.92 Å². The molecule has 30 heteroatoms. The molecule has 15 rings (SSSR count). The van der Waals surface area contributed by atoms with Crippen molar-refractivity contribution >= 4 is 35.8 Å². The molecule has 0 aromatic carbocycles. The van der Waals surface area contributed by atoms with Gasteiger partial charge in [0.1, 0.15) is 33.6 Å². The predicted molar refractivity (Wildman–Crippen MR) is 432 cm³/mol. The Balaban J connectivity index is 0.000000205. The fourth-order valence-corrected chi connectivity index (χ4v) is 23.5. The molecule has 0 saturated heterocycles. The van der Waals surface area contributed by atoms with Crippen LogP contribution < -0.4 is 0 Å². The summed E-state index contributed by atoms with van der Waals surface area (Å²) < 4.78 is 270. The van der Waals surface area contributed by atoms with Crippen LogP contribution in [0.15, 0.2) is 0 Å². The largest absolute Gasteiger partial charge is 0.459 e. The van der Waals surface area contributed by atoms with E-state index in [9.17, 15) is 108 Å². The number of carbonyl (C=O) groups excluding carboxylic acids is 6. The van der Waals surface area contributed by atoms with Crippen molar-refractivity contribution in [3.63, 3.8) is 0 Å². The Morgan fingerprint density at radius 1 is 0.274 bits per heavy atom. The van der Waals surface area contributed by atoms with Crippen LogP contribution in [0.25, 0.3) is 0 Å². The number of esters is 6. The predicted octanol–water partition coefficient (Wildman–Crippen LogP) is 28.3. The van der Waals surface area contributed by atoms with Gasteiger partial charge in [0.15, 0.2) is 32.5 Å². The summed E-state index contributed by atoms with van der Waals surface area (Å²) in [5, 5.41) is 0. The van der Waals surface area contributed by atoms with Gasteiger partial charge in [0.25, 0.3) is 0 Å². The van der Waals surface area contributed by atoms with Gasteiger partial charge in [-0.05, 0) is 363 Å². The van der Waals surface area contributed by atoms with Gasteiger partial charge in [0, 0.05) is 0 Å². The molecule has 15 aliphatic carbocycles. The second-order valence-electron chi connectivity index (χ2n) is 41.7. The van der Waals surface area contributed by atoms with E-state index in [1.807, 2.05) is 41.5 Å². The van der Waals surface area contributed by atoms with Gasteiger partial charge >= 0.3 is 72.9 Å². The first-order valence-electron chi connectivity index (χ1n) is 46.7. The Bertz CT molecular complexity index is 3480. The quantitative estimate of drug-likeness (QED) is 0.0575. The minimum Gasteiger partial charge on any atom is -0.459 e. The van der Waals surface area contributed by atoms with Crippen molar-refractivity contribution in [3.05, 3.63) is 0 Å². The molecule has 6 unspecified atom stereocenters. The Morgan fingerprint density at radius 2 is 0.492 bits per heavy atom. The topological polar surface area (TPSA) is 158 Å². The summed E-state index contributed by atoms with van der Waals surface area (Å²) in [6.45, 7) is 27.3. The van der Waals surface area contributed by atoms with Gasteiger partial charge in [0.2, 0.25) is 0 Å². The van der Waals surface area contributed by atoms with Crippen molar-refractivity contribution in [1.29, 1.82) is 0 Å². The molecule has 0 aromatic rings. The van der Waals surface area contributed by atoms with Gasteiger partial charge in [-0.25, -0.2) is 0 Å². The molecule has 720 valence electrons. The molecule has 15 saturated carbocycles. The van der Waals surface area contributed by atoms with Crippen molar-refractivity contribution in [2.75, 3.05) is 0 Å². The summed E-state index contributed by atoms with van der Waals surface area (Å²) in [5.74, 6) is -1.00. The molecule has 15 fully saturated rings. The lowest BCUT2D eigenvalue weighted by Crippen LogP contribution is -2.63. The maximum Gasteiger partial charge on any atom is 0.404 e. The maximum absolute atomic E-state index is 13.5. The summed E-state index contributed by atoms with van der Waals surface area (Å²) in [6.07, 6.45) is 0.0741.